The summed E-state index contributed by atoms with van der Waals surface area (Å²) in [6.45, 7) is 6.61. The van der Waals surface area contributed by atoms with E-state index in [1.807, 2.05) is 12.1 Å². The van der Waals surface area contributed by atoms with Crippen molar-refractivity contribution >= 4 is 5.97 Å². The van der Waals surface area contributed by atoms with E-state index in [0.717, 1.165) is 31.5 Å². The van der Waals surface area contributed by atoms with Crippen molar-refractivity contribution in [2.24, 2.45) is 11.8 Å². The Morgan fingerprint density at radius 3 is 2.60 bits per heavy atom. The van der Waals surface area contributed by atoms with Crippen molar-refractivity contribution in [2.75, 3.05) is 34.0 Å². The van der Waals surface area contributed by atoms with Gasteiger partial charge in [0.15, 0.2) is 17.1 Å². The van der Waals surface area contributed by atoms with Gasteiger partial charge < -0.3 is 14.2 Å². The highest BCUT2D eigenvalue weighted by atomic mass is 19.1. The minimum atomic E-state index is -0.995. The number of benzene rings is 1. The lowest BCUT2D eigenvalue weighted by Gasteiger charge is -2.51. The summed E-state index contributed by atoms with van der Waals surface area (Å²) in [5, 5.41) is 0. The van der Waals surface area contributed by atoms with Gasteiger partial charge in [0.05, 0.1) is 14.2 Å². The van der Waals surface area contributed by atoms with Crippen molar-refractivity contribution in [1.82, 2.24) is 4.90 Å². The molecule has 0 spiro atoms. The maximum atomic E-state index is 13.0. The summed E-state index contributed by atoms with van der Waals surface area (Å²) < 4.78 is 29.9. The van der Waals surface area contributed by atoms with Gasteiger partial charge in [0, 0.05) is 38.4 Å². The van der Waals surface area contributed by atoms with E-state index in [1.165, 1.54) is 12.5 Å². The van der Waals surface area contributed by atoms with E-state index in [9.17, 15) is 9.18 Å². The van der Waals surface area contributed by atoms with Crippen molar-refractivity contribution in [2.45, 2.75) is 51.7 Å². The number of carbonyl (C=O) groups is 1. The number of nitrogens with zero attached hydrogens (tertiary/aromatic N) is 1. The fraction of sp³-hybridized carbons (Fsp3) is 0.625. The molecule has 1 aromatic carbocycles. The van der Waals surface area contributed by atoms with E-state index in [0.29, 0.717) is 23.8 Å². The van der Waals surface area contributed by atoms with Gasteiger partial charge in [0.2, 0.25) is 0 Å². The molecule has 0 saturated carbocycles. The fourth-order valence-corrected chi connectivity index (χ4v) is 5.00. The summed E-state index contributed by atoms with van der Waals surface area (Å²) in [5.74, 6) is 7.05. The third-order valence-electron chi connectivity index (χ3n) is 6.17. The Balaban J connectivity index is 2.07. The number of ether oxygens (including phenoxy) is 3. The minimum Gasteiger partial charge on any atom is -0.493 e. The van der Waals surface area contributed by atoms with E-state index >= 15 is 0 Å². The average molecular weight is 418 g/mol. The third kappa shape index (κ3) is 4.41. The molecule has 0 aliphatic carbocycles. The van der Waals surface area contributed by atoms with Crippen LogP contribution in [0.5, 0.6) is 11.5 Å². The summed E-state index contributed by atoms with van der Waals surface area (Å²) in [4.78, 5) is 14.5. The second-order valence-electron chi connectivity index (χ2n) is 8.62. The summed E-state index contributed by atoms with van der Waals surface area (Å²) in [7, 11) is 3.26. The first-order chi connectivity index (χ1) is 14.3. The fourth-order valence-electron chi connectivity index (χ4n) is 5.00. The van der Waals surface area contributed by atoms with E-state index in [2.05, 4.69) is 30.6 Å². The van der Waals surface area contributed by atoms with E-state index < -0.39 is 12.3 Å². The lowest BCUT2D eigenvalue weighted by atomic mass is 9.71. The van der Waals surface area contributed by atoms with Crippen LogP contribution < -0.4 is 9.47 Å². The second-order valence-corrected chi connectivity index (χ2v) is 8.62. The van der Waals surface area contributed by atoms with Crippen molar-refractivity contribution in [3.8, 4) is 23.3 Å². The number of fused-ring (bicyclic) bond motifs is 3. The predicted octanol–water partition coefficient (Wildman–Crippen LogP) is 3.94. The Bertz CT molecular complexity index is 844. The number of methoxy groups -OCH3 is 2. The average Bonchev–Trinajstić information content (AvgIpc) is 2.71. The van der Waals surface area contributed by atoms with Gasteiger partial charge in [-0.15, -0.1) is 0 Å². The van der Waals surface area contributed by atoms with Gasteiger partial charge in [0.1, 0.15) is 6.67 Å². The van der Waals surface area contributed by atoms with Crippen LogP contribution in [0.3, 0.4) is 0 Å². The molecule has 0 bridgehead atoms. The standard InChI is InChI=1S/C24H32FNO4/c1-16(2)11-19-15-26-10-7-18-12-22(28-4)23(29-5)13-20(18)21(26)14-24(19,8-6-9-25)30-17(3)27/h12-13,16,19,21H,7,9-11,14-15H2,1-5H3/t19-,21-,24-/m1/s1. The van der Waals surface area contributed by atoms with Gasteiger partial charge in [-0.05, 0) is 42.0 Å². The quantitative estimate of drug-likeness (QED) is 0.536. The zero-order valence-corrected chi connectivity index (χ0v) is 18.6. The lowest BCUT2D eigenvalue weighted by molar-refractivity contribution is -0.165. The van der Waals surface area contributed by atoms with Gasteiger partial charge in [0.25, 0.3) is 0 Å². The molecule has 3 rings (SSSR count). The second kappa shape index (κ2) is 9.26. The number of hydrogen-bond donors (Lipinski definition) is 0. The van der Waals surface area contributed by atoms with Gasteiger partial charge >= 0.3 is 5.97 Å². The van der Waals surface area contributed by atoms with E-state index in [-0.39, 0.29) is 17.9 Å². The van der Waals surface area contributed by atoms with Crippen LogP contribution in [0, 0.1) is 23.7 Å². The molecule has 2 aliphatic rings. The summed E-state index contributed by atoms with van der Waals surface area (Å²) in [5.41, 5.74) is 1.34. The Labute approximate surface area is 178 Å². The molecule has 3 atom stereocenters. The van der Waals surface area contributed by atoms with E-state index in [1.54, 1.807) is 14.2 Å². The first-order valence-electron chi connectivity index (χ1n) is 10.6. The van der Waals surface area contributed by atoms with Crippen molar-refractivity contribution in [3.63, 3.8) is 0 Å². The molecule has 0 radical (unpaired) electrons. The minimum absolute atomic E-state index is 0.0187. The normalized spacial score (nSPS) is 25.6. The highest BCUT2D eigenvalue weighted by molar-refractivity contribution is 5.67. The molecule has 0 unspecified atom stereocenters. The first-order valence-corrected chi connectivity index (χ1v) is 10.6. The Hall–Kier alpha value is -2.26. The monoisotopic (exact) mass is 417 g/mol. The molecule has 0 amide bonds. The molecule has 1 saturated heterocycles. The molecule has 30 heavy (non-hydrogen) atoms. The molecule has 1 aromatic rings. The van der Waals surface area contributed by atoms with Crippen LogP contribution in [0.2, 0.25) is 0 Å². The van der Waals surface area contributed by atoms with Crippen LogP contribution in [-0.4, -0.2) is 50.5 Å². The molecule has 0 aromatic heterocycles. The lowest BCUT2D eigenvalue weighted by Crippen LogP contribution is -2.56. The number of carbonyl (C=O) groups excluding carboxylic acids is 1. The number of hydrogen-bond acceptors (Lipinski definition) is 5. The SMILES string of the molecule is COc1cc2c(cc1OC)[C@H]1C[C@@](C#CCF)(OC(C)=O)[C@H](CC(C)C)CN1CC2. The van der Waals surface area contributed by atoms with Crippen molar-refractivity contribution in [3.05, 3.63) is 23.3 Å². The Kier molecular flexibility index (Phi) is 6.92. The number of piperidine rings is 1. The number of halogens is 1. The van der Waals surface area contributed by atoms with Crippen molar-refractivity contribution in [1.29, 1.82) is 0 Å². The van der Waals surface area contributed by atoms with Crippen LogP contribution in [-0.2, 0) is 16.0 Å². The van der Waals surface area contributed by atoms with Gasteiger partial charge in [-0.3, -0.25) is 9.69 Å². The molecular formula is C24H32FNO4. The van der Waals surface area contributed by atoms with Gasteiger partial charge in [-0.2, -0.15) is 0 Å². The molecule has 5 nitrogen and oxygen atoms in total. The topological polar surface area (TPSA) is 48.0 Å². The maximum absolute atomic E-state index is 13.0. The smallest absolute Gasteiger partial charge is 0.304 e. The molecule has 6 heteroatoms. The summed E-state index contributed by atoms with van der Waals surface area (Å²) in [6, 6.07) is 4.08. The van der Waals surface area contributed by atoms with Crippen LogP contribution in [0.15, 0.2) is 12.1 Å². The molecule has 2 heterocycles. The molecule has 2 aliphatic heterocycles. The molecular weight excluding hydrogens is 385 g/mol. The highest BCUT2D eigenvalue weighted by Crippen LogP contribution is 2.48. The first kappa shape index (κ1) is 22.4. The Morgan fingerprint density at radius 2 is 2.00 bits per heavy atom. The van der Waals surface area contributed by atoms with Crippen LogP contribution in [0.4, 0.5) is 4.39 Å². The zero-order chi connectivity index (χ0) is 21.9. The molecule has 1 fully saturated rings. The van der Waals surface area contributed by atoms with Crippen LogP contribution >= 0.6 is 0 Å². The van der Waals surface area contributed by atoms with Gasteiger partial charge in [-0.1, -0.05) is 25.7 Å². The Morgan fingerprint density at radius 1 is 1.30 bits per heavy atom. The van der Waals surface area contributed by atoms with Crippen LogP contribution in [0.25, 0.3) is 0 Å². The number of alkyl halides is 1. The number of esters is 1. The van der Waals surface area contributed by atoms with Crippen LogP contribution in [0.1, 0.15) is 50.8 Å². The van der Waals surface area contributed by atoms with E-state index in [4.69, 9.17) is 14.2 Å². The van der Waals surface area contributed by atoms with Crippen molar-refractivity contribution < 1.29 is 23.4 Å². The predicted molar refractivity (Wildman–Crippen MR) is 113 cm³/mol. The molecule has 164 valence electrons. The maximum Gasteiger partial charge on any atom is 0.304 e. The highest BCUT2D eigenvalue weighted by Gasteiger charge is 2.50. The summed E-state index contributed by atoms with van der Waals surface area (Å²) in [6.07, 6.45) is 2.28. The largest absolute Gasteiger partial charge is 0.493 e. The molecule has 0 N–H and O–H groups in total. The summed E-state index contributed by atoms with van der Waals surface area (Å²) >= 11 is 0. The third-order valence-corrected chi connectivity index (χ3v) is 6.17. The van der Waals surface area contributed by atoms with Gasteiger partial charge in [-0.25, -0.2) is 4.39 Å². The zero-order valence-electron chi connectivity index (χ0n) is 18.6. The number of rotatable bonds is 5.